The molecule has 1 atom stereocenters. The van der Waals surface area contributed by atoms with Crippen LogP contribution in [0.4, 0.5) is 22.0 Å². The number of amides is 2. The monoisotopic (exact) mass is 580 g/mol. The van der Waals surface area contributed by atoms with Crippen LogP contribution in [0, 0.1) is 11.6 Å². The molecule has 5 rings (SSSR count). The molecule has 2 heterocycles. The molecule has 4 N–H and O–H groups in total. The van der Waals surface area contributed by atoms with Gasteiger partial charge in [-0.25, -0.2) is 8.78 Å². The van der Waals surface area contributed by atoms with Crippen LogP contribution in [0.5, 0.6) is 0 Å². The van der Waals surface area contributed by atoms with E-state index in [1.165, 1.54) is 23.9 Å². The molecule has 1 aliphatic rings. The van der Waals surface area contributed by atoms with E-state index < -0.39 is 58.6 Å². The number of hydrogen-bond acceptors (Lipinski definition) is 5. The number of aromatic nitrogens is 2. The number of halogens is 6. The van der Waals surface area contributed by atoms with Crippen molar-refractivity contribution in [2.45, 2.75) is 18.5 Å². The fourth-order valence-corrected chi connectivity index (χ4v) is 5.36. The van der Waals surface area contributed by atoms with E-state index in [0.717, 1.165) is 19.2 Å². The molecule has 1 unspecified atom stereocenters. The molecule has 8 nitrogen and oxygen atoms in total. The van der Waals surface area contributed by atoms with Gasteiger partial charge in [0.15, 0.2) is 5.72 Å². The molecule has 1 aliphatic heterocycles. The summed E-state index contributed by atoms with van der Waals surface area (Å²) < 4.78 is 77.7. The second kappa shape index (κ2) is 9.25. The number of hydrogen-bond donors (Lipinski definition) is 3. The number of aryl methyl sites for hydroxylation is 1. The van der Waals surface area contributed by atoms with Crippen molar-refractivity contribution in [3.05, 3.63) is 86.6 Å². The Bertz CT molecular complexity index is 1750. The van der Waals surface area contributed by atoms with E-state index in [4.69, 9.17) is 22.1 Å². The maximum absolute atomic E-state index is 15.7. The molecule has 0 aliphatic carbocycles. The first-order chi connectivity index (χ1) is 18.7. The van der Waals surface area contributed by atoms with E-state index in [2.05, 4.69) is 10.4 Å². The number of alkyl halides is 3. The number of aliphatic hydroxyl groups excluding tert-OH is 1. The maximum Gasteiger partial charge on any atom is 0.416 e. The van der Waals surface area contributed by atoms with Gasteiger partial charge in [-0.3, -0.25) is 14.3 Å². The van der Waals surface area contributed by atoms with Crippen molar-refractivity contribution in [3.63, 3.8) is 0 Å². The van der Waals surface area contributed by atoms with Crippen LogP contribution in [-0.2, 0) is 30.3 Å². The predicted molar refractivity (Wildman–Crippen MR) is 132 cm³/mol. The summed E-state index contributed by atoms with van der Waals surface area (Å²) in [6.07, 6.45) is -5.02. The van der Waals surface area contributed by atoms with Crippen LogP contribution in [0.2, 0.25) is 5.02 Å². The number of primary amides is 1. The Morgan fingerprint density at radius 1 is 1.20 bits per heavy atom. The second-order valence-electron chi connectivity index (χ2n) is 9.00. The Labute approximate surface area is 227 Å². The highest BCUT2D eigenvalue weighted by atomic mass is 35.5. The molecule has 208 valence electrons. The zero-order valence-corrected chi connectivity index (χ0v) is 21.3. The third kappa shape index (κ3) is 3.92. The number of nitrogens with one attached hydrogen (secondary N) is 1. The van der Waals surface area contributed by atoms with E-state index in [1.807, 2.05) is 0 Å². The quantitative estimate of drug-likeness (QED) is 0.303. The van der Waals surface area contributed by atoms with Crippen LogP contribution in [0.3, 0.4) is 0 Å². The summed E-state index contributed by atoms with van der Waals surface area (Å²) in [6.45, 7) is -0.587. The minimum atomic E-state index is -5.02. The third-order valence-corrected chi connectivity index (χ3v) is 7.17. The average molecular weight is 581 g/mol. The number of rotatable bonds is 5. The third-order valence-electron chi connectivity index (χ3n) is 6.84. The van der Waals surface area contributed by atoms with Crippen LogP contribution in [0.25, 0.3) is 22.0 Å². The average Bonchev–Trinajstić information content (AvgIpc) is 3.37. The molecule has 0 radical (unpaired) electrons. The number of aliphatic hydroxyl groups is 1. The summed E-state index contributed by atoms with van der Waals surface area (Å²) in [5.41, 5.74) is -0.377. The number of methoxy groups -OCH3 is 1. The van der Waals surface area contributed by atoms with Crippen molar-refractivity contribution in [2.24, 2.45) is 12.8 Å². The fourth-order valence-electron chi connectivity index (χ4n) is 5.11. The lowest BCUT2D eigenvalue weighted by Crippen LogP contribution is -2.43. The Hall–Kier alpha value is -4.07. The lowest BCUT2D eigenvalue weighted by Gasteiger charge is -2.32. The summed E-state index contributed by atoms with van der Waals surface area (Å²) in [5.74, 6) is -4.50. The zero-order valence-electron chi connectivity index (χ0n) is 20.6. The van der Waals surface area contributed by atoms with Gasteiger partial charge in [-0.1, -0.05) is 11.6 Å². The number of carbonyl (C=O) groups excluding carboxylic acids is 2. The van der Waals surface area contributed by atoms with Gasteiger partial charge >= 0.3 is 6.18 Å². The number of fused-ring (bicyclic) bond motifs is 3. The number of benzene rings is 3. The van der Waals surface area contributed by atoms with E-state index in [0.29, 0.717) is 6.07 Å². The maximum atomic E-state index is 15.7. The summed E-state index contributed by atoms with van der Waals surface area (Å²) >= 11 is 6.39. The molecule has 0 spiro atoms. The largest absolute Gasteiger partial charge is 0.416 e. The highest BCUT2D eigenvalue weighted by molar-refractivity contribution is 6.31. The number of ether oxygens (including phenoxy) is 1. The van der Waals surface area contributed by atoms with Gasteiger partial charge in [0.05, 0.1) is 29.0 Å². The molecule has 40 heavy (non-hydrogen) atoms. The lowest BCUT2D eigenvalue weighted by molar-refractivity contribution is -0.137. The van der Waals surface area contributed by atoms with Crippen molar-refractivity contribution < 1.29 is 41.4 Å². The lowest BCUT2D eigenvalue weighted by atomic mass is 9.83. The Kier molecular flexibility index (Phi) is 6.36. The number of nitrogens with zero attached hydrogens (tertiary/aromatic N) is 2. The molecule has 14 heteroatoms. The molecule has 0 bridgehead atoms. The first-order valence-electron chi connectivity index (χ1n) is 11.4. The van der Waals surface area contributed by atoms with Gasteiger partial charge < -0.3 is 20.9 Å². The number of nitrogens with two attached hydrogens (primary N) is 1. The van der Waals surface area contributed by atoms with Crippen LogP contribution in [0.1, 0.15) is 43.1 Å². The fraction of sp³-hybridized carbons (Fsp3) is 0.192. The highest BCUT2D eigenvalue weighted by Crippen LogP contribution is 2.49. The first kappa shape index (κ1) is 27.5. The molecular formula is C26H18ClF5N4O4. The van der Waals surface area contributed by atoms with Crippen molar-refractivity contribution in [1.29, 1.82) is 0 Å². The Balaban J connectivity index is 2.02. The van der Waals surface area contributed by atoms with Crippen LogP contribution in [0.15, 0.2) is 36.4 Å². The molecule has 1 aromatic heterocycles. The van der Waals surface area contributed by atoms with Gasteiger partial charge in [-0.15, -0.1) is 0 Å². The van der Waals surface area contributed by atoms with E-state index in [9.17, 15) is 32.3 Å². The van der Waals surface area contributed by atoms with E-state index in [-0.39, 0.29) is 49.9 Å². The Morgan fingerprint density at radius 2 is 1.90 bits per heavy atom. The zero-order chi connectivity index (χ0) is 29.3. The standard InChI is InChI=1S/C26H18ClF5N4O4/c1-36-18(9-37)12-8-13(19-14(23(33)38)5-10(6-17(19)29)26(30,31)32)21-20(22(12)35-36)24(39)34-25(21,40-2)15-7-11(28)3-4-16(15)27/h3-8,37H,9H2,1-2H3,(H2,33,38)(H,34,39). The molecule has 0 fully saturated rings. The van der Waals surface area contributed by atoms with E-state index >= 15 is 4.39 Å². The SMILES string of the molecule is COC1(c2cc(F)ccc2Cl)NC(=O)c2c1c(-c1c(F)cc(C(F)(F)F)cc1C(N)=O)cc1c(CO)n(C)nc21. The van der Waals surface area contributed by atoms with Gasteiger partial charge in [-0.05, 0) is 42.0 Å². The minimum absolute atomic E-state index is 0.0159. The van der Waals surface area contributed by atoms with Crippen LogP contribution >= 0.6 is 11.6 Å². The molecule has 3 aromatic carbocycles. The minimum Gasteiger partial charge on any atom is -0.390 e. The first-order valence-corrected chi connectivity index (χ1v) is 11.8. The Morgan fingerprint density at radius 3 is 2.50 bits per heavy atom. The van der Waals surface area contributed by atoms with Gasteiger partial charge in [0, 0.05) is 41.3 Å². The molecule has 0 saturated heterocycles. The van der Waals surface area contributed by atoms with Gasteiger partial charge in [0.25, 0.3) is 5.91 Å². The van der Waals surface area contributed by atoms with Crippen molar-refractivity contribution >= 4 is 34.3 Å². The van der Waals surface area contributed by atoms with Crippen molar-refractivity contribution in [1.82, 2.24) is 15.1 Å². The number of carbonyl (C=O) groups is 2. The predicted octanol–water partition coefficient (Wildman–Crippen LogP) is 4.37. The summed E-state index contributed by atoms with van der Waals surface area (Å²) in [4.78, 5) is 26.0. The van der Waals surface area contributed by atoms with Gasteiger partial charge in [0.1, 0.15) is 17.2 Å². The van der Waals surface area contributed by atoms with Crippen LogP contribution in [-0.4, -0.2) is 33.8 Å². The summed E-state index contributed by atoms with van der Waals surface area (Å²) in [5, 5.41) is 16.9. The van der Waals surface area contributed by atoms with Crippen LogP contribution < -0.4 is 11.1 Å². The summed E-state index contributed by atoms with van der Waals surface area (Å²) in [7, 11) is 2.60. The van der Waals surface area contributed by atoms with Gasteiger partial charge in [0.2, 0.25) is 5.91 Å². The normalized spacial score (nSPS) is 16.9. The molecule has 2 amide bonds. The van der Waals surface area contributed by atoms with E-state index in [1.54, 1.807) is 0 Å². The molecule has 4 aromatic rings. The van der Waals surface area contributed by atoms with Crippen molar-refractivity contribution in [2.75, 3.05) is 7.11 Å². The topological polar surface area (TPSA) is 119 Å². The van der Waals surface area contributed by atoms with Crippen molar-refractivity contribution in [3.8, 4) is 11.1 Å². The molecular weight excluding hydrogens is 563 g/mol. The summed E-state index contributed by atoms with van der Waals surface area (Å²) in [6, 6.07) is 5.01. The molecule has 0 saturated carbocycles. The second-order valence-corrected chi connectivity index (χ2v) is 9.41. The smallest absolute Gasteiger partial charge is 0.390 e. The highest BCUT2D eigenvalue weighted by Gasteiger charge is 2.50. The van der Waals surface area contributed by atoms with Gasteiger partial charge in [-0.2, -0.15) is 18.3 Å².